The van der Waals surface area contributed by atoms with Crippen molar-refractivity contribution in [2.75, 3.05) is 7.11 Å². The van der Waals surface area contributed by atoms with Gasteiger partial charge in [-0.05, 0) is 91.8 Å². The van der Waals surface area contributed by atoms with Gasteiger partial charge >= 0.3 is 5.97 Å². The number of hydrogen-bond donors (Lipinski definition) is 1. The fourth-order valence-electron chi connectivity index (χ4n) is 8.53. The second-order valence-corrected chi connectivity index (χ2v) is 11.4. The largest absolute Gasteiger partial charge is 0.469 e. The van der Waals surface area contributed by atoms with Gasteiger partial charge in [-0.15, -0.1) is 0 Å². The molecule has 4 fully saturated rings. The number of hydrogen-bond acceptors (Lipinski definition) is 4. The minimum Gasteiger partial charge on any atom is -0.469 e. The lowest BCUT2D eigenvalue weighted by atomic mass is 9.44. The molecule has 0 heterocycles. The molecule has 4 nitrogen and oxygen atoms in total. The van der Waals surface area contributed by atoms with Gasteiger partial charge in [0.05, 0.1) is 13.2 Å². The molecule has 4 aliphatic rings. The van der Waals surface area contributed by atoms with E-state index in [-0.39, 0.29) is 28.8 Å². The summed E-state index contributed by atoms with van der Waals surface area (Å²) in [6.07, 6.45) is 9.40. The quantitative estimate of drug-likeness (QED) is 0.685. The number of ketones is 1. The average Bonchev–Trinajstić information content (AvgIpc) is 3.04. The minimum absolute atomic E-state index is 0.110. The van der Waals surface area contributed by atoms with Crippen LogP contribution >= 0.6 is 0 Å². The van der Waals surface area contributed by atoms with Gasteiger partial charge in [-0.3, -0.25) is 9.59 Å². The zero-order valence-electron chi connectivity index (χ0n) is 18.8. The second-order valence-electron chi connectivity index (χ2n) is 11.4. The van der Waals surface area contributed by atoms with E-state index in [0.29, 0.717) is 48.2 Å². The van der Waals surface area contributed by atoms with E-state index in [9.17, 15) is 14.7 Å². The van der Waals surface area contributed by atoms with Crippen molar-refractivity contribution in [3.05, 3.63) is 0 Å². The fourth-order valence-corrected chi connectivity index (χ4v) is 8.53. The number of methoxy groups -OCH3 is 1. The molecule has 4 aliphatic carbocycles. The zero-order chi connectivity index (χ0) is 21.0. The van der Waals surface area contributed by atoms with E-state index in [0.717, 1.165) is 32.1 Å². The summed E-state index contributed by atoms with van der Waals surface area (Å²) in [4.78, 5) is 25.0. The molecule has 4 heteroatoms. The predicted molar refractivity (Wildman–Crippen MR) is 112 cm³/mol. The maximum absolute atomic E-state index is 13.4. The van der Waals surface area contributed by atoms with Gasteiger partial charge in [0.2, 0.25) is 0 Å². The first-order chi connectivity index (χ1) is 13.7. The van der Waals surface area contributed by atoms with E-state index in [1.165, 1.54) is 26.4 Å². The van der Waals surface area contributed by atoms with Gasteiger partial charge in [-0.1, -0.05) is 20.8 Å². The van der Waals surface area contributed by atoms with E-state index >= 15 is 0 Å². The highest BCUT2D eigenvalue weighted by Crippen LogP contribution is 2.67. The molecule has 164 valence electrons. The van der Waals surface area contributed by atoms with Crippen LogP contribution in [0.5, 0.6) is 0 Å². The Kier molecular flexibility index (Phi) is 5.63. The number of Topliss-reactive ketones (excluding diaryl/α,β-unsaturated/α-hetero) is 1. The van der Waals surface area contributed by atoms with Gasteiger partial charge in [0.1, 0.15) is 5.78 Å². The predicted octanol–water partition coefficient (Wildman–Crippen LogP) is 4.77. The minimum atomic E-state index is -0.210. The van der Waals surface area contributed by atoms with E-state index in [1.54, 1.807) is 0 Å². The van der Waals surface area contributed by atoms with Crippen LogP contribution in [0, 0.1) is 46.3 Å². The summed E-state index contributed by atoms with van der Waals surface area (Å²) in [5.41, 5.74) is 0.456. The van der Waals surface area contributed by atoms with Gasteiger partial charge in [0.25, 0.3) is 0 Å². The Morgan fingerprint density at radius 3 is 2.55 bits per heavy atom. The molecule has 0 aromatic carbocycles. The third-order valence-electron chi connectivity index (χ3n) is 10.2. The molecule has 0 spiro atoms. The number of aliphatic hydroxyl groups is 1. The maximum atomic E-state index is 13.4. The zero-order valence-corrected chi connectivity index (χ0v) is 18.8. The number of carbonyl (C=O) groups is 2. The van der Waals surface area contributed by atoms with Crippen molar-refractivity contribution in [2.24, 2.45) is 46.3 Å². The first kappa shape index (κ1) is 21.3. The van der Waals surface area contributed by atoms with E-state index in [2.05, 4.69) is 20.8 Å². The molecule has 0 bridgehead atoms. The van der Waals surface area contributed by atoms with Gasteiger partial charge in [-0.25, -0.2) is 0 Å². The van der Waals surface area contributed by atoms with Crippen LogP contribution in [0.1, 0.15) is 85.0 Å². The van der Waals surface area contributed by atoms with Crippen LogP contribution in [-0.4, -0.2) is 30.1 Å². The molecule has 4 rings (SSSR count). The number of rotatable bonds is 4. The lowest BCUT2D eigenvalue weighted by Crippen LogP contribution is -2.57. The van der Waals surface area contributed by atoms with Crippen molar-refractivity contribution < 1.29 is 19.4 Å². The highest BCUT2D eigenvalue weighted by Gasteiger charge is 2.62. The van der Waals surface area contributed by atoms with Crippen molar-refractivity contribution in [1.82, 2.24) is 0 Å². The molecule has 0 radical (unpaired) electrons. The Labute approximate surface area is 176 Å². The molecule has 0 aromatic heterocycles. The van der Waals surface area contributed by atoms with Crippen molar-refractivity contribution in [3.63, 3.8) is 0 Å². The SMILES string of the molecule is COC(=O)CCC(C)[C@H]1CC[C@H]2[C@H]3C(=O)C[C@@H]4C[C@H](O)CCC4(C)C3CCC12C. The summed E-state index contributed by atoms with van der Waals surface area (Å²) in [5.74, 6) is 3.08. The maximum Gasteiger partial charge on any atom is 0.305 e. The number of esters is 1. The van der Waals surface area contributed by atoms with Crippen LogP contribution in [-0.2, 0) is 14.3 Å². The van der Waals surface area contributed by atoms with Crippen LogP contribution in [0.2, 0.25) is 0 Å². The number of aliphatic hydroxyl groups excluding tert-OH is 1. The molecule has 0 aliphatic heterocycles. The topological polar surface area (TPSA) is 63.6 Å². The molecule has 1 N–H and O–H groups in total. The molecule has 4 saturated carbocycles. The lowest BCUT2D eigenvalue weighted by molar-refractivity contribution is -0.160. The van der Waals surface area contributed by atoms with Crippen LogP contribution in [0.4, 0.5) is 0 Å². The van der Waals surface area contributed by atoms with Gasteiger partial charge < -0.3 is 9.84 Å². The normalized spacial score (nSPS) is 47.7. The Bertz CT molecular complexity index is 659. The van der Waals surface area contributed by atoms with E-state index in [4.69, 9.17) is 4.74 Å². The molecule has 29 heavy (non-hydrogen) atoms. The Morgan fingerprint density at radius 1 is 1.14 bits per heavy atom. The van der Waals surface area contributed by atoms with Gasteiger partial charge in [0, 0.05) is 18.8 Å². The molecule has 4 unspecified atom stereocenters. The fraction of sp³-hybridized carbons (Fsp3) is 0.920. The van der Waals surface area contributed by atoms with E-state index < -0.39 is 0 Å². The lowest BCUT2D eigenvalue weighted by Gasteiger charge is -2.60. The molecule has 0 saturated heterocycles. The standard InChI is InChI=1S/C25H40O4/c1-15(5-8-22(28)29-4)18-6-7-19-23-20(10-12-25(18,19)3)24(2)11-9-17(26)13-16(24)14-21(23)27/h15-20,23,26H,5-14H2,1-4H3/t15?,16-,17+,18+,19-,20?,23+,24?,25?/m0/s1. The van der Waals surface area contributed by atoms with Crippen LogP contribution in [0.15, 0.2) is 0 Å². The number of carbonyl (C=O) groups excluding carboxylic acids is 2. The Hall–Kier alpha value is -0.900. The summed E-state index contributed by atoms with van der Waals surface area (Å²) in [6.45, 7) is 7.18. The van der Waals surface area contributed by atoms with Crippen LogP contribution in [0.25, 0.3) is 0 Å². The summed E-state index contributed by atoms with van der Waals surface area (Å²) >= 11 is 0. The Morgan fingerprint density at radius 2 is 1.83 bits per heavy atom. The smallest absolute Gasteiger partial charge is 0.305 e. The highest BCUT2D eigenvalue weighted by atomic mass is 16.5. The summed E-state index contributed by atoms with van der Waals surface area (Å²) in [5, 5.41) is 10.2. The van der Waals surface area contributed by atoms with Crippen LogP contribution < -0.4 is 0 Å². The van der Waals surface area contributed by atoms with Crippen LogP contribution in [0.3, 0.4) is 0 Å². The third kappa shape index (κ3) is 3.38. The third-order valence-corrected chi connectivity index (χ3v) is 10.2. The summed E-state index contributed by atoms with van der Waals surface area (Å²) in [7, 11) is 1.47. The molecular weight excluding hydrogens is 364 g/mol. The average molecular weight is 405 g/mol. The first-order valence-corrected chi connectivity index (χ1v) is 12.0. The number of fused-ring (bicyclic) bond motifs is 5. The van der Waals surface area contributed by atoms with Crippen molar-refractivity contribution in [2.45, 2.75) is 91.1 Å². The summed E-state index contributed by atoms with van der Waals surface area (Å²) in [6, 6.07) is 0. The molecule has 0 amide bonds. The summed E-state index contributed by atoms with van der Waals surface area (Å²) < 4.78 is 4.85. The van der Waals surface area contributed by atoms with Crippen molar-refractivity contribution in [3.8, 4) is 0 Å². The van der Waals surface area contributed by atoms with Gasteiger partial charge in [0.15, 0.2) is 0 Å². The second kappa shape index (κ2) is 7.66. The monoisotopic (exact) mass is 404 g/mol. The van der Waals surface area contributed by atoms with Gasteiger partial charge in [-0.2, -0.15) is 0 Å². The van der Waals surface area contributed by atoms with Crippen molar-refractivity contribution >= 4 is 11.8 Å². The Balaban J connectivity index is 1.53. The highest BCUT2D eigenvalue weighted by molar-refractivity contribution is 5.83. The van der Waals surface area contributed by atoms with E-state index in [1.807, 2.05) is 0 Å². The van der Waals surface area contributed by atoms with Crippen molar-refractivity contribution in [1.29, 1.82) is 0 Å². The number of ether oxygens (including phenoxy) is 1. The molecule has 9 atom stereocenters. The molecular formula is C25H40O4. The molecule has 0 aromatic rings. The first-order valence-electron chi connectivity index (χ1n) is 12.0.